The first-order valence-corrected chi connectivity index (χ1v) is 6.27. The zero-order chi connectivity index (χ0) is 15.9. The van der Waals surface area contributed by atoms with Crippen LogP contribution in [-0.4, -0.2) is 35.3 Å². The highest BCUT2D eigenvalue weighted by Crippen LogP contribution is 2.20. The van der Waals surface area contributed by atoms with E-state index in [9.17, 15) is 9.90 Å². The Balaban J connectivity index is 2.32. The van der Waals surface area contributed by atoms with E-state index in [0.717, 1.165) is 0 Å². The molecule has 0 spiro atoms. The van der Waals surface area contributed by atoms with Gasteiger partial charge in [-0.1, -0.05) is 30.3 Å². The first-order valence-electron chi connectivity index (χ1n) is 6.27. The van der Waals surface area contributed by atoms with Crippen LogP contribution in [0.1, 0.15) is 5.56 Å². The highest BCUT2D eigenvalue weighted by molar-refractivity contribution is 5.90. The van der Waals surface area contributed by atoms with E-state index in [1.807, 2.05) is 6.07 Å². The van der Waals surface area contributed by atoms with Gasteiger partial charge in [-0.2, -0.15) is 9.97 Å². The number of carboxylic acid groups (broad SMARTS) is 1. The van der Waals surface area contributed by atoms with E-state index < -0.39 is 5.97 Å². The molecular weight excluding hydrogens is 288 g/mol. The predicted octanol–water partition coefficient (Wildman–Crippen LogP) is 2.00. The molecule has 0 aliphatic carbocycles. The molecule has 7 heteroatoms. The molecule has 0 saturated heterocycles. The van der Waals surface area contributed by atoms with Crippen LogP contribution in [-0.2, 0) is 4.79 Å². The maximum Gasteiger partial charge on any atom is 0.371 e. The van der Waals surface area contributed by atoms with Crippen molar-refractivity contribution >= 4 is 12.0 Å². The van der Waals surface area contributed by atoms with Gasteiger partial charge in [-0.05, 0) is 11.6 Å². The van der Waals surface area contributed by atoms with Gasteiger partial charge in [0.25, 0.3) is 0 Å². The smallest absolute Gasteiger partial charge is 0.371 e. The molecule has 0 unspecified atom stereocenters. The van der Waals surface area contributed by atoms with Gasteiger partial charge in [0.2, 0.25) is 17.5 Å². The summed E-state index contributed by atoms with van der Waals surface area (Å²) in [5.41, 5.74) is 0.676. The number of aliphatic carboxylic acids is 1. The van der Waals surface area contributed by atoms with Crippen molar-refractivity contribution in [1.82, 2.24) is 9.97 Å². The van der Waals surface area contributed by atoms with Crippen molar-refractivity contribution in [1.29, 1.82) is 0 Å². The lowest BCUT2D eigenvalue weighted by atomic mass is 10.2. The van der Waals surface area contributed by atoms with Crippen molar-refractivity contribution in [3.05, 3.63) is 47.7 Å². The fourth-order valence-electron chi connectivity index (χ4n) is 1.57. The highest BCUT2D eigenvalue weighted by Gasteiger charge is 2.14. The van der Waals surface area contributed by atoms with E-state index in [1.165, 1.54) is 26.4 Å². The molecule has 1 aromatic carbocycles. The third-order valence-electron chi connectivity index (χ3n) is 2.59. The molecule has 1 N–H and O–H groups in total. The molecule has 0 atom stereocenters. The molecule has 1 heterocycles. The molecule has 0 radical (unpaired) electrons. The van der Waals surface area contributed by atoms with Crippen LogP contribution in [0.5, 0.6) is 17.8 Å². The molecule has 2 aromatic rings. The van der Waals surface area contributed by atoms with Crippen molar-refractivity contribution in [3.63, 3.8) is 0 Å². The zero-order valence-corrected chi connectivity index (χ0v) is 12.0. The lowest BCUT2D eigenvalue weighted by molar-refractivity contribution is -0.135. The highest BCUT2D eigenvalue weighted by atomic mass is 16.5. The largest absolute Gasteiger partial charge is 0.481 e. The summed E-state index contributed by atoms with van der Waals surface area (Å²) < 4.78 is 15.2. The lowest BCUT2D eigenvalue weighted by Gasteiger charge is -2.08. The Morgan fingerprint density at radius 1 is 1.09 bits per heavy atom. The topological polar surface area (TPSA) is 90.8 Å². The first kappa shape index (κ1) is 15.3. The van der Waals surface area contributed by atoms with Crippen molar-refractivity contribution in [3.8, 4) is 17.8 Å². The number of carboxylic acids is 1. The summed E-state index contributed by atoms with van der Waals surface area (Å²) in [6.07, 6.45) is 1.37. The van der Waals surface area contributed by atoms with E-state index in [2.05, 4.69) is 9.97 Å². The van der Waals surface area contributed by atoms with Crippen LogP contribution in [0.15, 0.2) is 42.2 Å². The summed E-state index contributed by atoms with van der Waals surface area (Å²) in [4.78, 5) is 19.2. The van der Waals surface area contributed by atoms with E-state index in [0.29, 0.717) is 5.56 Å². The summed E-state index contributed by atoms with van der Waals surface area (Å²) in [7, 11) is 2.84. The van der Waals surface area contributed by atoms with Crippen LogP contribution in [0.25, 0.3) is 6.08 Å². The number of nitrogens with zero attached hydrogens (tertiary/aromatic N) is 2. The summed E-state index contributed by atoms with van der Waals surface area (Å²) in [5.74, 6) is -1.16. The maximum absolute atomic E-state index is 11.3. The molecule has 0 aliphatic rings. The molecule has 7 nitrogen and oxygen atoms in total. The number of hydrogen-bond acceptors (Lipinski definition) is 6. The second kappa shape index (κ2) is 7.07. The molecule has 0 fully saturated rings. The van der Waals surface area contributed by atoms with Crippen molar-refractivity contribution in [2.45, 2.75) is 0 Å². The Morgan fingerprint density at radius 3 is 2.18 bits per heavy atom. The molecule has 0 saturated carbocycles. The fourth-order valence-corrected chi connectivity index (χ4v) is 1.57. The Morgan fingerprint density at radius 2 is 1.68 bits per heavy atom. The second-order valence-corrected chi connectivity index (χ2v) is 4.06. The van der Waals surface area contributed by atoms with Gasteiger partial charge in [-0.3, -0.25) is 0 Å². The summed E-state index contributed by atoms with van der Waals surface area (Å²) in [6, 6.07) is 10.2. The number of benzene rings is 1. The SMILES string of the molecule is COc1cc(OC)nc(O/C(=C/c2ccccc2)C(=O)O)n1. The Hall–Kier alpha value is -3.09. The molecule has 0 amide bonds. The monoisotopic (exact) mass is 302 g/mol. The number of aromatic nitrogens is 2. The van der Waals surface area contributed by atoms with Gasteiger partial charge in [0.05, 0.1) is 20.3 Å². The average molecular weight is 302 g/mol. The number of carbonyl (C=O) groups is 1. The zero-order valence-electron chi connectivity index (χ0n) is 12.0. The summed E-state index contributed by atoms with van der Waals surface area (Å²) >= 11 is 0. The van der Waals surface area contributed by atoms with Gasteiger partial charge in [0, 0.05) is 0 Å². The van der Waals surface area contributed by atoms with Crippen LogP contribution in [0.2, 0.25) is 0 Å². The van der Waals surface area contributed by atoms with Gasteiger partial charge in [-0.15, -0.1) is 0 Å². The standard InChI is InChI=1S/C15H14N2O5/c1-20-12-9-13(21-2)17-15(16-12)22-11(14(18)19)8-10-6-4-3-5-7-10/h3-9H,1-2H3,(H,18,19)/b11-8+. The van der Waals surface area contributed by atoms with Gasteiger partial charge in [-0.25, -0.2) is 4.79 Å². The van der Waals surface area contributed by atoms with Crippen LogP contribution in [0, 0.1) is 0 Å². The Bertz CT molecular complexity index is 663. The number of hydrogen-bond donors (Lipinski definition) is 1. The minimum atomic E-state index is -1.24. The van der Waals surface area contributed by atoms with E-state index in [4.69, 9.17) is 14.2 Å². The minimum absolute atomic E-state index is 0.180. The normalized spacial score (nSPS) is 10.9. The van der Waals surface area contributed by atoms with E-state index in [1.54, 1.807) is 24.3 Å². The van der Waals surface area contributed by atoms with Crippen LogP contribution < -0.4 is 14.2 Å². The number of ether oxygens (including phenoxy) is 3. The average Bonchev–Trinajstić information content (AvgIpc) is 2.54. The third kappa shape index (κ3) is 3.95. The fraction of sp³-hybridized carbons (Fsp3) is 0.133. The third-order valence-corrected chi connectivity index (χ3v) is 2.59. The molecule has 1 aromatic heterocycles. The van der Waals surface area contributed by atoms with Crippen molar-refractivity contribution < 1.29 is 24.1 Å². The maximum atomic E-state index is 11.3. The van der Waals surface area contributed by atoms with Crippen LogP contribution in [0.4, 0.5) is 0 Å². The Kier molecular flexibility index (Phi) is 4.92. The molecule has 22 heavy (non-hydrogen) atoms. The Labute approximate surface area is 126 Å². The van der Waals surface area contributed by atoms with Gasteiger partial charge < -0.3 is 19.3 Å². The number of rotatable bonds is 6. The predicted molar refractivity (Wildman–Crippen MR) is 77.8 cm³/mol. The molecular formula is C15H14N2O5. The van der Waals surface area contributed by atoms with Crippen LogP contribution in [0.3, 0.4) is 0 Å². The quantitative estimate of drug-likeness (QED) is 0.644. The van der Waals surface area contributed by atoms with Gasteiger partial charge in [0.15, 0.2) is 0 Å². The van der Waals surface area contributed by atoms with Crippen molar-refractivity contribution in [2.24, 2.45) is 0 Å². The molecule has 2 rings (SSSR count). The lowest BCUT2D eigenvalue weighted by Crippen LogP contribution is -2.10. The van der Waals surface area contributed by atoms with Gasteiger partial charge in [0.1, 0.15) is 0 Å². The second-order valence-electron chi connectivity index (χ2n) is 4.06. The molecule has 0 bridgehead atoms. The number of methoxy groups -OCH3 is 2. The summed E-state index contributed by atoms with van der Waals surface area (Å²) in [6.45, 7) is 0. The van der Waals surface area contributed by atoms with E-state index >= 15 is 0 Å². The molecule has 0 aliphatic heterocycles. The first-order chi connectivity index (χ1) is 10.6. The van der Waals surface area contributed by atoms with Crippen molar-refractivity contribution in [2.75, 3.05) is 14.2 Å². The van der Waals surface area contributed by atoms with E-state index in [-0.39, 0.29) is 23.5 Å². The minimum Gasteiger partial charge on any atom is -0.481 e. The van der Waals surface area contributed by atoms with Crippen LogP contribution >= 0.6 is 0 Å². The summed E-state index contributed by atoms with van der Waals surface area (Å²) in [5, 5.41) is 9.24. The van der Waals surface area contributed by atoms with Gasteiger partial charge >= 0.3 is 12.0 Å². The molecule has 114 valence electrons.